The number of aryl methyl sites for hydroxylation is 1. The number of aliphatic hydroxyl groups is 1. The van der Waals surface area contributed by atoms with Gasteiger partial charge in [0.15, 0.2) is 11.6 Å². The highest BCUT2D eigenvalue weighted by Crippen LogP contribution is 2.25. The van der Waals surface area contributed by atoms with Crippen LogP contribution in [0.3, 0.4) is 0 Å². The largest absolute Gasteiger partial charge is 0.386 e. The number of hydrogen-bond acceptors (Lipinski definition) is 3. The molecule has 1 amide bonds. The van der Waals surface area contributed by atoms with Crippen LogP contribution >= 0.6 is 0 Å². The van der Waals surface area contributed by atoms with Crippen molar-refractivity contribution < 1.29 is 18.7 Å². The summed E-state index contributed by atoms with van der Waals surface area (Å²) in [7, 11) is 0. The summed E-state index contributed by atoms with van der Waals surface area (Å²) in [5.41, 5.74) is 2.32. The topological polar surface area (TPSA) is 78.0 Å². The van der Waals surface area contributed by atoms with E-state index in [4.69, 9.17) is 0 Å². The van der Waals surface area contributed by atoms with E-state index in [-0.39, 0.29) is 17.4 Å². The summed E-state index contributed by atoms with van der Waals surface area (Å²) in [6, 6.07) is 2.60. The van der Waals surface area contributed by atoms with Gasteiger partial charge in [0.1, 0.15) is 0 Å². The minimum absolute atomic E-state index is 0.163. The second-order valence-electron chi connectivity index (χ2n) is 6.23. The molecule has 0 saturated heterocycles. The van der Waals surface area contributed by atoms with Crippen LogP contribution in [0.4, 0.5) is 8.78 Å². The van der Waals surface area contributed by atoms with Gasteiger partial charge in [0.25, 0.3) is 0 Å². The van der Waals surface area contributed by atoms with E-state index in [2.05, 4.69) is 15.5 Å². The lowest BCUT2D eigenvalue weighted by Gasteiger charge is -2.25. The van der Waals surface area contributed by atoms with Gasteiger partial charge >= 0.3 is 0 Å². The van der Waals surface area contributed by atoms with Gasteiger partial charge in [-0.15, -0.1) is 0 Å². The van der Waals surface area contributed by atoms with Gasteiger partial charge in [-0.1, -0.05) is 6.07 Å². The molecule has 3 N–H and O–H groups in total. The molecule has 0 saturated carbocycles. The molecule has 24 heavy (non-hydrogen) atoms. The molecule has 0 spiro atoms. The minimum atomic E-state index is -1.12. The van der Waals surface area contributed by atoms with E-state index < -0.39 is 23.8 Å². The van der Waals surface area contributed by atoms with Crippen LogP contribution in [0.5, 0.6) is 0 Å². The first-order chi connectivity index (χ1) is 11.5. The summed E-state index contributed by atoms with van der Waals surface area (Å²) >= 11 is 0. The number of amides is 1. The number of H-pyrrole nitrogens is 1. The monoisotopic (exact) mass is 335 g/mol. The first kappa shape index (κ1) is 16.6. The Morgan fingerprint density at radius 1 is 1.42 bits per heavy atom. The normalized spacial score (nSPS) is 19.4. The molecular weight excluding hydrogens is 316 g/mol. The quantitative estimate of drug-likeness (QED) is 0.800. The van der Waals surface area contributed by atoms with E-state index in [0.717, 1.165) is 29.8 Å². The predicted molar refractivity (Wildman–Crippen MR) is 83.0 cm³/mol. The SMILES string of the molecule is CC(NC(=O)C1CCc2cn[nH]c2C1)C(O)c1ccc(F)c(F)c1. The van der Waals surface area contributed by atoms with Crippen molar-refractivity contribution in [3.63, 3.8) is 0 Å². The van der Waals surface area contributed by atoms with E-state index in [1.807, 2.05) is 0 Å². The lowest BCUT2D eigenvalue weighted by Crippen LogP contribution is -2.42. The minimum Gasteiger partial charge on any atom is -0.386 e. The third kappa shape index (κ3) is 3.31. The van der Waals surface area contributed by atoms with Gasteiger partial charge in [-0.3, -0.25) is 9.89 Å². The number of carbonyl (C=O) groups is 1. The van der Waals surface area contributed by atoms with Gasteiger partial charge in [0.05, 0.1) is 18.3 Å². The van der Waals surface area contributed by atoms with Gasteiger partial charge in [-0.25, -0.2) is 8.78 Å². The summed E-state index contributed by atoms with van der Waals surface area (Å²) in [4.78, 5) is 12.4. The number of nitrogens with one attached hydrogen (secondary N) is 2. The fourth-order valence-electron chi connectivity index (χ4n) is 3.04. The molecule has 3 atom stereocenters. The van der Waals surface area contributed by atoms with Crippen molar-refractivity contribution in [3.8, 4) is 0 Å². The Hall–Kier alpha value is -2.28. The van der Waals surface area contributed by atoms with E-state index in [1.54, 1.807) is 13.1 Å². The van der Waals surface area contributed by atoms with Crippen molar-refractivity contribution in [2.75, 3.05) is 0 Å². The number of aliphatic hydroxyl groups excluding tert-OH is 1. The second kappa shape index (κ2) is 6.68. The number of rotatable bonds is 4. The van der Waals surface area contributed by atoms with Crippen LogP contribution in [-0.2, 0) is 17.6 Å². The lowest BCUT2D eigenvalue weighted by atomic mass is 9.87. The third-order valence-electron chi connectivity index (χ3n) is 4.52. The summed E-state index contributed by atoms with van der Waals surface area (Å²) in [5.74, 6) is -2.36. The molecule has 3 unspecified atom stereocenters. The average molecular weight is 335 g/mol. The van der Waals surface area contributed by atoms with Crippen LogP contribution < -0.4 is 5.32 Å². The summed E-state index contributed by atoms with van der Waals surface area (Å²) < 4.78 is 26.3. The Kier molecular flexibility index (Phi) is 4.62. The molecule has 1 heterocycles. The standard InChI is InChI=1S/C17H19F2N3O2/c1-9(16(23)10-4-5-13(18)14(19)6-10)21-17(24)11-2-3-12-8-20-22-15(12)7-11/h4-6,8-9,11,16,23H,2-3,7H2,1H3,(H,20,22)(H,21,24). The van der Waals surface area contributed by atoms with Crippen molar-refractivity contribution in [3.05, 3.63) is 52.9 Å². The molecule has 0 bridgehead atoms. The molecule has 0 radical (unpaired) electrons. The van der Waals surface area contributed by atoms with Crippen LogP contribution in [-0.4, -0.2) is 27.3 Å². The highest BCUT2D eigenvalue weighted by molar-refractivity contribution is 5.79. The maximum absolute atomic E-state index is 13.3. The summed E-state index contributed by atoms with van der Waals surface area (Å²) in [6.45, 7) is 1.63. The molecule has 7 heteroatoms. The van der Waals surface area contributed by atoms with Crippen molar-refractivity contribution >= 4 is 5.91 Å². The molecule has 1 aliphatic carbocycles. The number of benzene rings is 1. The number of aromatic nitrogens is 2. The second-order valence-corrected chi connectivity index (χ2v) is 6.23. The fraction of sp³-hybridized carbons (Fsp3) is 0.412. The predicted octanol–water partition coefficient (Wildman–Crippen LogP) is 2.03. The number of fused-ring (bicyclic) bond motifs is 1. The van der Waals surface area contributed by atoms with Crippen LogP contribution in [0.15, 0.2) is 24.4 Å². The zero-order valence-electron chi connectivity index (χ0n) is 13.2. The van der Waals surface area contributed by atoms with Crippen molar-refractivity contribution in [2.45, 2.75) is 38.3 Å². The highest BCUT2D eigenvalue weighted by atomic mass is 19.2. The van der Waals surface area contributed by atoms with E-state index in [0.29, 0.717) is 12.8 Å². The van der Waals surface area contributed by atoms with Gasteiger partial charge in [0, 0.05) is 18.0 Å². The zero-order chi connectivity index (χ0) is 17.3. The molecule has 1 aromatic heterocycles. The van der Waals surface area contributed by atoms with Crippen LogP contribution in [0.2, 0.25) is 0 Å². The maximum Gasteiger partial charge on any atom is 0.223 e. The molecule has 1 aliphatic rings. The molecule has 2 aromatic rings. The summed E-state index contributed by atoms with van der Waals surface area (Å²) in [5, 5.41) is 19.9. The van der Waals surface area contributed by atoms with E-state index in [1.165, 1.54) is 6.07 Å². The number of halogens is 2. The molecule has 1 aromatic carbocycles. The van der Waals surface area contributed by atoms with Crippen LogP contribution in [0, 0.1) is 17.6 Å². The smallest absolute Gasteiger partial charge is 0.223 e. The Balaban J connectivity index is 1.62. The number of aromatic amines is 1. The number of carbonyl (C=O) groups excluding carboxylic acids is 1. The van der Waals surface area contributed by atoms with Crippen molar-refractivity contribution in [1.29, 1.82) is 0 Å². The Morgan fingerprint density at radius 2 is 2.21 bits per heavy atom. The van der Waals surface area contributed by atoms with Gasteiger partial charge in [-0.05, 0) is 43.0 Å². The van der Waals surface area contributed by atoms with Crippen molar-refractivity contribution in [1.82, 2.24) is 15.5 Å². The Morgan fingerprint density at radius 3 is 2.96 bits per heavy atom. The first-order valence-corrected chi connectivity index (χ1v) is 7.90. The zero-order valence-corrected chi connectivity index (χ0v) is 13.2. The third-order valence-corrected chi connectivity index (χ3v) is 4.52. The average Bonchev–Trinajstić information content (AvgIpc) is 3.04. The molecule has 0 aliphatic heterocycles. The molecule has 5 nitrogen and oxygen atoms in total. The van der Waals surface area contributed by atoms with Gasteiger partial charge in [0.2, 0.25) is 5.91 Å². The van der Waals surface area contributed by atoms with E-state index in [9.17, 15) is 18.7 Å². The van der Waals surface area contributed by atoms with Crippen molar-refractivity contribution in [2.24, 2.45) is 5.92 Å². The van der Waals surface area contributed by atoms with Gasteiger partial charge in [-0.2, -0.15) is 5.10 Å². The highest BCUT2D eigenvalue weighted by Gasteiger charge is 2.28. The first-order valence-electron chi connectivity index (χ1n) is 7.90. The molecule has 128 valence electrons. The molecule has 3 rings (SSSR count). The van der Waals surface area contributed by atoms with Crippen LogP contribution in [0.25, 0.3) is 0 Å². The van der Waals surface area contributed by atoms with E-state index >= 15 is 0 Å². The Labute approximate surface area is 138 Å². The molecule has 0 fully saturated rings. The summed E-state index contributed by atoms with van der Waals surface area (Å²) in [6.07, 6.45) is 2.74. The Bertz CT molecular complexity index is 747. The lowest BCUT2D eigenvalue weighted by molar-refractivity contribution is -0.126. The molecular formula is C17H19F2N3O2. The fourth-order valence-corrected chi connectivity index (χ4v) is 3.04. The van der Waals surface area contributed by atoms with Crippen LogP contribution in [0.1, 0.15) is 36.3 Å². The van der Waals surface area contributed by atoms with Gasteiger partial charge < -0.3 is 10.4 Å². The number of nitrogens with zero attached hydrogens (tertiary/aromatic N) is 1. The maximum atomic E-state index is 13.3. The number of hydrogen-bond donors (Lipinski definition) is 3.